The van der Waals surface area contributed by atoms with E-state index in [-0.39, 0.29) is 0 Å². The van der Waals surface area contributed by atoms with Gasteiger partial charge in [0.1, 0.15) is 0 Å². The Balaban J connectivity index is 2.87. The Morgan fingerprint density at radius 3 is 2.65 bits per heavy atom. The third kappa shape index (κ3) is 3.51. The van der Waals surface area contributed by atoms with E-state index in [1.807, 2.05) is 6.92 Å². The zero-order valence-electron chi connectivity index (χ0n) is 10.5. The normalized spacial score (nSPS) is 14.2. The van der Waals surface area contributed by atoms with E-state index in [0.29, 0.717) is 23.9 Å². The molecule has 1 aromatic rings. The highest BCUT2D eigenvalue weighted by atomic mass is 32.2. The van der Waals surface area contributed by atoms with Gasteiger partial charge in [-0.3, -0.25) is 0 Å². The van der Waals surface area contributed by atoms with Crippen molar-refractivity contribution in [2.24, 2.45) is 11.7 Å². The van der Waals surface area contributed by atoms with E-state index in [2.05, 4.69) is 6.92 Å². The first-order valence-corrected chi connectivity index (χ1v) is 7.97. The summed E-state index contributed by atoms with van der Waals surface area (Å²) < 4.78 is 25.8. The number of hydrogen-bond donors (Lipinski definition) is 1. The van der Waals surface area contributed by atoms with Crippen LogP contribution in [-0.2, 0) is 16.6 Å². The lowest BCUT2D eigenvalue weighted by atomic mass is 10.1. The van der Waals surface area contributed by atoms with Crippen LogP contribution in [0.1, 0.15) is 25.1 Å². The molecule has 0 fully saturated rings. The lowest BCUT2D eigenvalue weighted by Gasteiger charge is -2.19. The van der Waals surface area contributed by atoms with Gasteiger partial charge in [-0.1, -0.05) is 20.3 Å². The zero-order valence-corrected chi connectivity index (χ0v) is 12.1. The van der Waals surface area contributed by atoms with Crippen LogP contribution in [-0.4, -0.2) is 26.3 Å². The molecule has 1 aromatic heterocycles. The second-order valence-electron chi connectivity index (χ2n) is 4.25. The van der Waals surface area contributed by atoms with Gasteiger partial charge in [0.15, 0.2) is 0 Å². The first-order valence-electron chi connectivity index (χ1n) is 5.65. The van der Waals surface area contributed by atoms with Crippen molar-refractivity contribution >= 4 is 21.4 Å². The summed E-state index contributed by atoms with van der Waals surface area (Å²) in [5.74, 6) is 0.363. The van der Waals surface area contributed by atoms with Gasteiger partial charge in [0, 0.05) is 30.4 Å². The van der Waals surface area contributed by atoms with Crippen molar-refractivity contribution < 1.29 is 8.42 Å². The van der Waals surface area contributed by atoms with Crippen molar-refractivity contribution in [3.8, 4) is 0 Å². The van der Waals surface area contributed by atoms with E-state index in [4.69, 9.17) is 5.73 Å². The number of nitrogens with zero attached hydrogens (tertiary/aromatic N) is 1. The molecule has 1 atom stereocenters. The molecule has 0 saturated carbocycles. The van der Waals surface area contributed by atoms with Crippen molar-refractivity contribution in [1.82, 2.24) is 4.31 Å². The molecule has 0 radical (unpaired) electrons. The highest BCUT2D eigenvalue weighted by Gasteiger charge is 2.23. The van der Waals surface area contributed by atoms with Gasteiger partial charge < -0.3 is 5.73 Å². The molecule has 1 unspecified atom stereocenters. The summed E-state index contributed by atoms with van der Waals surface area (Å²) in [5, 5.41) is 1.66. The van der Waals surface area contributed by atoms with Gasteiger partial charge in [0.25, 0.3) is 0 Å². The van der Waals surface area contributed by atoms with E-state index in [1.54, 1.807) is 18.5 Å². The van der Waals surface area contributed by atoms with Gasteiger partial charge in [0.2, 0.25) is 10.0 Å². The Bertz CT molecular complexity index is 454. The average molecular weight is 276 g/mol. The summed E-state index contributed by atoms with van der Waals surface area (Å²) in [5.41, 5.74) is 5.49. The molecule has 6 heteroatoms. The number of sulfonamides is 1. The van der Waals surface area contributed by atoms with Crippen LogP contribution < -0.4 is 5.73 Å². The summed E-state index contributed by atoms with van der Waals surface area (Å²) in [7, 11) is -1.72. The van der Waals surface area contributed by atoms with Gasteiger partial charge in [0.05, 0.1) is 4.90 Å². The Kier molecular flexibility index (Phi) is 5.12. The van der Waals surface area contributed by atoms with Crippen molar-refractivity contribution in [3.63, 3.8) is 0 Å². The number of nitrogens with two attached hydrogens (primary N) is 1. The second-order valence-corrected chi connectivity index (χ2v) is 7.29. The minimum atomic E-state index is -3.35. The SMILES string of the molecule is CCC(C)CN(C)S(=O)(=O)c1csc(CN)c1. The third-order valence-electron chi connectivity index (χ3n) is 2.80. The molecule has 0 aliphatic heterocycles. The molecule has 2 N–H and O–H groups in total. The minimum absolute atomic E-state index is 0.355. The molecule has 0 aromatic carbocycles. The summed E-state index contributed by atoms with van der Waals surface area (Å²) in [6, 6.07) is 1.66. The second kappa shape index (κ2) is 5.95. The standard InChI is InChI=1S/C11H20N2O2S2/c1-4-9(2)7-13(3)17(14,15)11-5-10(6-12)16-8-11/h5,8-9H,4,6-7,12H2,1-3H3. The molecule has 98 valence electrons. The van der Waals surface area contributed by atoms with E-state index in [1.165, 1.54) is 15.6 Å². The fraction of sp³-hybridized carbons (Fsp3) is 0.636. The number of thiophene rings is 1. The molecule has 17 heavy (non-hydrogen) atoms. The Hall–Kier alpha value is -0.430. The van der Waals surface area contributed by atoms with E-state index < -0.39 is 10.0 Å². The lowest BCUT2D eigenvalue weighted by molar-refractivity contribution is 0.394. The monoisotopic (exact) mass is 276 g/mol. The zero-order chi connectivity index (χ0) is 13.1. The molecule has 0 amide bonds. The third-order valence-corrected chi connectivity index (χ3v) is 5.71. The van der Waals surface area contributed by atoms with Crippen LogP contribution >= 0.6 is 11.3 Å². The summed E-state index contributed by atoms with van der Waals surface area (Å²) >= 11 is 1.39. The fourth-order valence-corrected chi connectivity index (χ4v) is 3.88. The fourth-order valence-electron chi connectivity index (χ4n) is 1.45. The molecule has 0 aliphatic rings. The molecule has 0 aliphatic carbocycles. The van der Waals surface area contributed by atoms with E-state index in [9.17, 15) is 8.42 Å². The minimum Gasteiger partial charge on any atom is -0.326 e. The summed E-state index contributed by atoms with van der Waals surface area (Å²) in [4.78, 5) is 1.24. The molecule has 0 bridgehead atoms. The van der Waals surface area contributed by atoms with Crippen molar-refractivity contribution in [1.29, 1.82) is 0 Å². The first-order chi connectivity index (χ1) is 7.91. The van der Waals surface area contributed by atoms with Crippen LogP contribution in [0.15, 0.2) is 16.3 Å². The Morgan fingerprint density at radius 1 is 1.53 bits per heavy atom. The highest BCUT2D eigenvalue weighted by Crippen LogP contribution is 2.22. The van der Waals surface area contributed by atoms with Crippen molar-refractivity contribution in [3.05, 3.63) is 16.3 Å². The average Bonchev–Trinajstić information content (AvgIpc) is 2.77. The van der Waals surface area contributed by atoms with E-state index >= 15 is 0 Å². The molecule has 1 rings (SSSR count). The van der Waals surface area contributed by atoms with Crippen molar-refractivity contribution in [2.45, 2.75) is 31.7 Å². The highest BCUT2D eigenvalue weighted by molar-refractivity contribution is 7.89. The van der Waals surface area contributed by atoms with Crippen LogP contribution in [0, 0.1) is 5.92 Å². The van der Waals surface area contributed by atoms with Crippen LogP contribution in [0.25, 0.3) is 0 Å². The molecular weight excluding hydrogens is 256 g/mol. The van der Waals surface area contributed by atoms with Crippen LogP contribution in [0.5, 0.6) is 0 Å². The predicted molar refractivity (Wildman–Crippen MR) is 71.5 cm³/mol. The Labute approximate surface area is 107 Å². The number of hydrogen-bond acceptors (Lipinski definition) is 4. The van der Waals surface area contributed by atoms with Crippen LogP contribution in [0.3, 0.4) is 0 Å². The summed E-state index contributed by atoms with van der Waals surface area (Å²) in [6.45, 7) is 5.04. The van der Waals surface area contributed by atoms with E-state index in [0.717, 1.165) is 11.3 Å². The van der Waals surface area contributed by atoms with Gasteiger partial charge in [-0.2, -0.15) is 0 Å². The maximum absolute atomic E-state index is 12.2. The topological polar surface area (TPSA) is 63.4 Å². The predicted octanol–water partition coefficient (Wildman–Crippen LogP) is 1.87. The van der Waals surface area contributed by atoms with Gasteiger partial charge in [-0.25, -0.2) is 12.7 Å². The molecule has 0 saturated heterocycles. The quantitative estimate of drug-likeness (QED) is 0.862. The molecule has 1 heterocycles. The van der Waals surface area contributed by atoms with Crippen LogP contribution in [0.4, 0.5) is 0 Å². The number of rotatable bonds is 6. The molecule has 0 spiro atoms. The smallest absolute Gasteiger partial charge is 0.243 e. The van der Waals surface area contributed by atoms with Gasteiger partial charge in [-0.15, -0.1) is 11.3 Å². The summed E-state index contributed by atoms with van der Waals surface area (Å²) in [6.07, 6.45) is 0.970. The Morgan fingerprint density at radius 2 is 2.18 bits per heavy atom. The molecule has 4 nitrogen and oxygen atoms in total. The van der Waals surface area contributed by atoms with Crippen LogP contribution in [0.2, 0.25) is 0 Å². The van der Waals surface area contributed by atoms with Crippen molar-refractivity contribution in [2.75, 3.05) is 13.6 Å². The maximum Gasteiger partial charge on any atom is 0.243 e. The maximum atomic E-state index is 12.2. The molecular formula is C11H20N2O2S2. The lowest BCUT2D eigenvalue weighted by Crippen LogP contribution is -2.30. The largest absolute Gasteiger partial charge is 0.326 e. The van der Waals surface area contributed by atoms with Gasteiger partial charge >= 0.3 is 0 Å². The first kappa shape index (κ1) is 14.6. The van der Waals surface area contributed by atoms with Gasteiger partial charge in [-0.05, 0) is 12.0 Å².